The molecule has 0 aliphatic carbocycles. The molecule has 0 atom stereocenters. The fourth-order valence-corrected chi connectivity index (χ4v) is 2.85. The molecule has 18 heavy (non-hydrogen) atoms. The van der Waals surface area contributed by atoms with E-state index in [9.17, 15) is 0 Å². The molecule has 2 aromatic heterocycles. The molecule has 0 radical (unpaired) electrons. The Bertz CT molecular complexity index is 499. The zero-order chi connectivity index (χ0) is 13.0. The van der Waals surface area contributed by atoms with Gasteiger partial charge in [0.25, 0.3) is 0 Å². The average molecular weight is 263 g/mol. The van der Waals surface area contributed by atoms with Crippen LogP contribution in [0.3, 0.4) is 0 Å². The van der Waals surface area contributed by atoms with E-state index in [0.29, 0.717) is 0 Å². The van der Waals surface area contributed by atoms with E-state index in [1.807, 2.05) is 0 Å². The van der Waals surface area contributed by atoms with Crippen molar-refractivity contribution in [1.29, 1.82) is 0 Å². The number of hydrogen-bond donors (Lipinski definition) is 1. The summed E-state index contributed by atoms with van der Waals surface area (Å²) in [6, 6.07) is 2.21. The first-order valence-electron chi connectivity index (χ1n) is 6.52. The van der Waals surface area contributed by atoms with Crippen LogP contribution in [0.25, 0.3) is 0 Å². The van der Waals surface area contributed by atoms with Crippen LogP contribution in [0.4, 0.5) is 0 Å². The Balaban J connectivity index is 1.93. The van der Waals surface area contributed by atoms with E-state index < -0.39 is 0 Å². The molecule has 98 valence electrons. The molecular formula is C14H21N3S. The molecule has 0 saturated heterocycles. The van der Waals surface area contributed by atoms with Crippen molar-refractivity contribution in [3.63, 3.8) is 0 Å². The maximum atomic E-state index is 4.56. The van der Waals surface area contributed by atoms with Crippen LogP contribution in [0.2, 0.25) is 0 Å². The van der Waals surface area contributed by atoms with Crippen LogP contribution in [0.1, 0.15) is 36.4 Å². The van der Waals surface area contributed by atoms with Crippen LogP contribution in [0.5, 0.6) is 0 Å². The summed E-state index contributed by atoms with van der Waals surface area (Å²) < 4.78 is 2.09. The second-order valence-electron chi connectivity index (χ2n) is 4.48. The van der Waals surface area contributed by atoms with Gasteiger partial charge in [0.05, 0.1) is 11.4 Å². The van der Waals surface area contributed by atoms with E-state index in [2.05, 4.69) is 52.7 Å². The third kappa shape index (κ3) is 3.00. The van der Waals surface area contributed by atoms with Crippen LogP contribution >= 0.6 is 11.3 Å². The number of aromatic nitrogens is 2. The Hall–Kier alpha value is -1.13. The molecule has 2 aromatic rings. The summed E-state index contributed by atoms with van der Waals surface area (Å²) in [5.74, 6) is 0. The molecule has 4 heteroatoms. The molecule has 0 fully saturated rings. The number of rotatable bonds is 6. The molecule has 2 rings (SSSR count). The van der Waals surface area contributed by atoms with E-state index in [1.54, 1.807) is 11.3 Å². The van der Waals surface area contributed by atoms with Crippen molar-refractivity contribution in [3.8, 4) is 0 Å². The van der Waals surface area contributed by atoms with E-state index in [1.165, 1.54) is 22.5 Å². The number of nitrogens with one attached hydrogen (secondary N) is 1. The van der Waals surface area contributed by atoms with Crippen LogP contribution in [0.15, 0.2) is 16.8 Å². The molecule has 3 nitrogen and oxygen atoms in total. The van der Waals surface area contributed by atoms with E-state index >= 15 is 0 Å². The van der Waals surface area contributed by atoms with Crippen molar-refractivity contribution < 1.29 is 0 Å². The topological polar surface area (TPSA) is 29.9 Å². The molecule has 0 saturated carbocycles. The van der Waals surface area contributed by atoms with Crippen LogP contribution < -0.4 is 5.32 Å². The van der Waals surface area contributed by atoms with Gasteiger partial charge in [-0.2, -0.15) is 16.4 Å². The van der Waals surface area contributed by atoms with Gasteiger partial charge in [0, 0.05) is 19.6 Å². The van der Waals surface area contributed by atoms with Gasteiger partial charge >= 0.3 is 0 Å². The zero-order valence-electron chi connectivity index (χ0n) is 11.4. The van der Waals surface area contributed by atoms with Gasteiger partial charge in [0.1, 0.15) is 0 Å². The van der Waals surface area contributed by atoms with E-state index in [-0.39, 0.29) is 0 Å². The largest absolute Gasteiger partial charge is 0.307 e. The fourth-order valence-electron chi connectivity index (χ4n) is 2.00. The smallest absolute Gasteiger partial charge is 0.0625 e. The van der Waals surface area contributed by atoms with Crippen molar-refractivity contribution in [2.45, 2.75) is 46.8 Å². The van der Waals surface area contributed by atoms with Gasteiger partial charge in [-0.25, -0.2) is 0 Å². The minimum absolute atomic E-state index is 0.885. The number of thiophene rings is 1. The molecule has 0 bridgehead atoms. The first-order valence-corrected chi connectivity index (χ1v) is 7.46. The van der Waals surface area contributed by atoms with E-state index in [0.717, 1.165) is 26.1 Å². The first-order chi connectivity index (χ1) is 8.74. The van der Waals surface area contributed by atoms with Gasteiger partial charge in [-0.1, -0.05) is 6.92 Å². The van der Waals surface area contributed by atoms with Gasteiger partial charge in [0.2, 0.25) is 0 Å². The molecule has 0 unspecified atom stereocenters. The van der Waals surface area contributed by atoms with Gasteiger partial charge in [-0.05, 0) is 48.2 Å². The minimum Gasteiger partial charge on any atom is -0.307 e. The Kier molecular flexibility index (Phi) is 4.55. The fraction of sp³-hybridized carbons (Fsp3) is 0.500. The highest BCUT2D eigenvalue weighted by molar-refractivity contribution is 7.08. The molecule has 0 aliphatic rings. The molecule has 2 heterocycles. The van der Waals surface area contributed by atoms with Crippen molar-refractivity contribution in [1.82, 2.24) is 15.1 Å². The third-order valence-electron chi connectivity index (χ3n) is 3.16. The van der Waals surface area contributed by atoms with Crippen molar-refractivity contribution >= 4 is 11.3 Å². The number of nitrogens with zero attached hydrogens (tertiary/aromatic N) is 2. The lowest BCUT2D eigenvalue weighted by molar-refractivity contribution is 0.577. The van der Waals surface area contributed by atoms with Crippen LogP contribution in [0, 0.1) is 6.92 Å². The standard InChI is InChI=1S/C14H21N3S/c1-4-13-6-14(17(5-2)16-13)8-15-7-12-10-18-9-11(12)3/h6,9-10,15H,4-5,7-8H2,1-3H3. The summed E-state index contributed by atoms with van der Waals surface area (Å²) in [4.78, 5) is 0. The van der Waals surface area contributed by atoms with Gasteiger partial charge in [-0.15, -0.1) is 0 Å². The highest BCUT2D eigenvalue weighted by Crippen LogP contribution is 2.13. The molecular weight excluding hydrogens is 242 g/mol. The van der Waals surface area contributed by atoms with Crippen LogP contribution in [-0.2, 0) is 26.1 Å². The first kappa shape index (κ1) is 13.3. The highest BCUT2D eigenvalue weighted by atomic mass is 32.1. The van der Waals surface area contributed by atoms with Crippen molar-refractivity contribution in [3.05, 3.63) is 39.3 Å². The summed E-state index contributed by atoms with van der Waals surface area (Å²) >= 11 is 1.77. The molecule has 0 amide bonds. The number of aryl methyl sites for hydroxylation is 3. The predicted octanol–water partition coefficient (Wildman–Crippen LogP) is 3.13. The van der Waals surface area contributed by atoms with Gasteiger partial charge in [0.15, 0.2) is 0 Å². The average Bonchev–Trinajstić information content (AvgIpc) is 2.96. The second kappa shape index (κ2) is 6.16. The lowest BCUT2D eigenvalue weighted by Gasteiger charge is -2.06. The van der Waals surface area contributed by atoms with Gasteiger partial charge in [-0.3, -0.25) is 4.68 Å². The zero-order valence-corrected chi connectivity index (χ0v) is 12.2. The molecule has 0 aliphatic heterocycles. The summed E-state index contributed by atoms with van der Waals surface area (Å²) in [7, 11) is 0. The Morgan fingerprint density at radius 3 is 2.72 bits per heavy atom. The summed E-state index contributed by atoms with van der Waals surface area (Å²) in [5.41, 5.74) is 5.24. The highest BCUT2D eigenvalue weighted by Gasteiger charge is 2.05. The van der Waals surface area contributed by atoms with Gasteiger partial charge < -0.3 is 5.32 Å². The monoisotopic (exact) mass is 263 g/mol. The lowest BCUT2D eigenvalue weighted by Crippen LogP contribution is -2.16. The second-order valence-corrected chi connectivity index (χ2v) is 5.22. The molecule has 0 aromatic carbocycles. The number of hydrogen-bond acceptors (Lipinski definition) is 3. The lowest BCUT2D eigenvalue weighted by atomic mass is 10.2. The summed E-state index contributed by atoms with van der Waals surface area (Å²) in [6.07, 6.45) is 1.00. The molecule has 1 N–H and O–H groups in total. The Morgan fingerprint density at radius 1 is 1.28 bits per heavy atom. The SMILES string of the molecule is CCc1cc(CNCc2cscc2C)n(CC)n1. The Labute approximate surface area is 113 Å². The Morgan fingerprint density at radius 2 is 2.11 bits per heavy atom. The quantitative estimate of drug-likeness (QED) is 0.868. The molecule has 0 spiro atoms. The minimum atomic E-state index is 0.885. The van der Waals surface area contributed by atoms with Crippen molar-refractivity contribution in [2.24, 2.45) is 0 Å². The van der Waals surface area contributed by atoms with Crippen LogP contribution in [-0.4, -0.2) is 9.78 Å². The van der Waals surface area contributed by atoms with Crippen molar-refractivity contribution in [2.75, 3.05) is 0 Å². The maximum Gasteiger partial charge on any atom is 0.0625 e. The summed E-state index contributed by atoms with van der Waals surface area (Å²) in [5, 5.41) is 12.5. The van der Waals surface area contributed by atoms with E-state index in [4.69, 9.17) is 0 Å². The predicted molar refractivity (Wildman–Crippen MR) is 76.9 cm³/mol. The maximum absolute atomic E-state index is 4.56. The third-order valence-corrected chi connectivity index (χ3v) is 4.07. The normalized spacial score (nSPS) is 11.1. The summed E-state index contributed by atoms with van der Waals surface area (Å²) in [6.45, 7) is 9.21.